The molecule has 3 aliphatic rings. The average molecular weight is 786 g/mol. The lowest BCUT2D eigenvalue weighted by Gasteiger charge is -2.40. The fraction of sp³-hybridized carbons (Fsp3) is 0.487. The van der Waals surface area contributed by atoms with Crippen LogP contribution in [0.2, 0.25) is 0 Å². The molecule has 2 fully saturated rings. The Bertz CT molecular complexity index is 1880. The van der Waals surface area contributed by atoms with Gasteiger partial charge in [0.05, 0.1) is 36.3 Å². The summed E-state index contributed by atoms with van der Waals surface area (Å²) in [6.45, 7) is 4.17. The Balaban J connectivity index is 1.20. The molecular formula is C39H48FN3O11S. The molecule has 2 amide bonds. The summed E-state index contributed by atoms with van der Waals surface area (Å²) < 4.78 is 71.0. The van der Waals surface area contributed by atoms with Crippen LogP contribution >= 0.6 is 0 Å². The number of nitrogens with one attached hydrogen (secondary N) is 1. The molecular weight excluding hydrogens is 738 g/mol. The summed E-state index contributed by atoms with van der Waals surface area (Å²) in [6.07, 6.45) is -1.49. The maximum absolute atomic E-state index is 14.5. The van der Waals surface area contributed by atoms with Gasteiger partial charge >= 0.3 is 12.2 Å². The summed E-state index contributed by atoms with van der Waals surface area (Å²) in [5.41, 5.74) is 0.143. The molecule has 55 heavy (non-hydrogen) atoms. The van der Waals surface area contributed by atoms with Crippen LogP contribution in [0.25, 0.3) is 0 Å². The highest BCUT2D eigenvalue weighted by Crippen LogP contribution is 2.38. The number of unbranched alkanes of at least 4 members (excludes halogenated alkanes) is 1. The molecule has 298 valence electrons. The number of rotatable bonds is 17. The van der Waals surface area contributed by atoms with E-state index < -0.39 is 64.5 Å². The van der Waals surface area contributed by atoms with Gasteiger partial charge < -0.3 is 39.2 Å². The third-order valence-corrected chi connectivity index (χ3v) is 12.0. The van der Waals surface area contributed by atoms with E-state index in [1.54, 1.807) is 0 Å². The Morgan fingerprint density at radius 2 is 1.76 bits per heavy atom. The number of nitrogens with zero attached hydrogens (tertiary/aromatic N) is 2. The van der Waals surface area contributed by atoms with Crippen molar-refractivity contribution in [2.45, 2.75) is 75.3 Å². The zero-order valence-corrected chi connectivity index (χ0v) is 31.7. The van der Waals surface area contributed by atoms with Crippen LogP contribution in [0.15, 0.2) is 77.7 Å². The van der Waals surface area contributed by atoms with Crippen LogP contribution < -0.4 is 19.5 Å². The van der Waals surface area contributed by atoms with Gasteiger partial charge in [0.2, 0.25) is 16.8 Å². The molecule has 5 atom stereocenters. The van der Waals surface area contributed by atoms with Crippen molar-refractivity contribution >= 4 is 22.2 Å². The quantitative estimate of drug-likeness (QED) is 0.153. The highest BCUT2D eigenvalue weighted by molar-refractivity contribution is 7.89. The standard InChI is InChI=1S/C39H48FN3O11S/c1-39(2,17-6-7-18-41-37(45)54-28-12-10-27(40)11-13-28)24-42(55(48,49)29-14-15-34-35(21-29)53-25-52-34)22-33(44)31(20-26-8-4-3-5-9-26)43(38(46)47)32-23-51-36-30(32)16-19-50-36/h3-5,8-15,21,30-33,36,44H,6-7,16-20,22-25H2,1-2H3,(H,41,45)(H,46,47)/t30-,31-,32-,33+,36+/m0/s1. The van der Waals surface area contributed by atoms with Crippen LogP contribution in [0.1, 0.15) is 45.1 Å². The van der Waals surface area contributed by atoms with Crippen molar-refractivity contribution in [3.63, 3.8) is 0 Å². The lowest BCUT2D eigenvalue weighted by molar-refractivity contribution is -0.0906. The van der Waals surface area contributed by atoms with Crippen LogP contribution in [0.5, 0.6) is 17.2 Å². The molecule has 16 heteroatoms. The lowest BCUT2D eigenvalue weighted by Crippen LogP contribution is -2.58. The van der Waals surface area contributed by atoms with E-state index in [2.05, 4.69) is 5.32 Å². The Kier molecular flexibility index (Phi) is 12.8. The Morgan fingerprint density at radius 1 is 1.02 bits per heavy atom. The predicted octanol–water partition coefficient (Wildman–Crippen LogP) is 5.24. The number of hydrogen-bond donors (Lipinski definition) is 3. The van der Waals surface area contributed by atoms with E-state index in [9.17, 15) is 32.6 Å². The van der Waals surface area contributed by atoms with Gasteiger partial charge in [-0.25, -0.2) is 22.4 Å². The first-order valence-electron chi connectivity index (χ1n) is 18.4. The first-order chi connectivity index (χ1) is 26.3. The van der Waals surface area contributed by atoms with Crippen molar-refractivity contribution in [1.82, 2.24) is 14.5 Å². The SMILES string of the molecule is CC(C)(CCCCNC(=O)Oc1ccc(F)cc1)CN(C[C@@H](O)[C@H](Cc1ccccc1)N(C(=O)O)[C@H]1CO[C@H]2OCC[C@H]21)S(=O)(=O)c1ccc2c(c1)OCO2. The number of ether oxygens (including phenoxy) is 5. The molecule has 3 heterocycles. The van der Waals surface area contributed by atoms with E-state index in [1.165, 1.54) is 51.7 Å². The minimum atomic E-state index is -4.29. The topological polar surface area (TPSA) is 173 Å². The summed E-state index contributed by atoms with van der Waals surface area (Å²) in [7, 11) is -4.29. The molecule has 0 bridgehead atoms. The van der Waals surface area contributed by atoms with E-state index in [0.717, 1.165) is 5.56 Å². The van der Waals surface area contributed by atoms with E-state index in [1.807, 2.05) is 44.2 Å². The molecule has 0 aromatic heterocycles. The van der Waals surface area contributed by atoms with Gasteiger partial charge in [0.25, 0.3) is 0 Å². The summed E-state index contributed by atoms with van der Waals surface area (Å²) in [6, 6.07) is 17.0. The van der Waals surface area contributed by atoms with Gasteiger partial charge in [-0.05, 0) is 73.1 Å². The summed E-state index contributed by atoms with van der Waals surface area (Å²) in [4.78, 5) is 26.5. The third-order valence-electron chi connectivity index (χ3n) is 10.2. The molecule has 0 aliphatic carbocycles. The van der Waals surface area contributed by atoms with Crippen molar-refractivity contribution in [3.8, 4) is 17.2 Å². The zero-order valence-electron chi connectivity index (χ0n) is 30.8. The molecule has 3 N–H and O–H groups in total. The number of amides is 2. The van der Waals surface area contributed by atoms with Gasteiger partial charge in [0.15, 0.2) is 17.8 Å². The zero-order chi connectivity index (χ0) is 39.2. The number of carboxylic acid groups (broad SMARTS) is 1. The van der Waals surface area contributed by atoms with Gasteiger partial charge in [0, 0.05) is 31.6 Å². The van der Waals surface area contributed by atoms with Gasteiger partial charge in [-0.2, -0.15) is 4.31 Å². The molecule has 3 aliphatic heterocycles. The number of benzene rings is 3. The van der Waals surface area contributed by atoms with Gasteiger partial charge in [0.1, 0.15) is 11.6 Å². The average Bonchev–Trinajstić information content (AvgIpc) is 3.91. The van der Waals surface area contributed by atoms with Gasteiger partial charge in [-0.1, -0.05) is 50.6 Å². The van der Waals surface area contributed by atoms with Crippen molar-refractivity contribution in [2.24, 2.45) is 11.3 Å². The second-order valence-corrected chi connectivity index (χ2v) is 16.7. The summed E-state index contributed by atoms with van der Waals surface area (Å²) in [5, 5.41) is 25.5. The highest BCUT2D eigenvalue weighted by Gasteiger charge is 2.49. The Labute approximate surface area is 320 Å². The van der Waals surface area contributed by atoms with Crippen molar-refractivity contribution in [2.75, 3.05) is 39.6 Å². The largest absolute Gasteiger partial charge is 0.465 e. The Morgan fingerprint density at radius 3 is 2.51 bits per heavy atom. The number of hydrogen-bond acceptors (Lipinski definition) is 10. The highest BCUT2D eigenvalue weighted by atomic mass is 32.2. The maximum Gasteiger partial charge on any atom is 0.412 e. The molecule has 14 nitrogen and oxygen atoms in total. The molecule has 3 aromatic carbocycles. The minimum absolute atomic E-state index is 0.0168. The number of carbonyl (C=O) groups excluding carboxylic acids is 1. The number of aliphatic hydroxyl groups excluding tert-OH is 1. The number of halogens is 1. The molecule has 3 aromatic rings. The molecule has 0 unspecified atom stereocenters. The van der Waals surface area contributed by atoms with Crippen molar-refractivity contribution in [3.05, 3.63) is 84.2 Å². The second-order valence-electron chi connectivity index (χ2n) is 14.8. The predicted molar refractivity (Wildman–Crippen MR) is 197 cm³/mol. The molecule has 0 saturated carbocycles. The van der Waals surface area contributed by atoms with Crippen LogP contribution in [-0.2, 0) is 25.9 Å². The first-order valence-corrected chi connectivity index (χ1v) is 19.8. The Hall–Kier alpha value is -4.48. The summed E-state index contributed by atoms with van der Waals surface area (Å²) in [5.74, 6) is 0.219. The molecule has 0 radical (unpaired) electrons. The normalized spacial score (nSPS) is 20.2. The molecule has 6 rings (SSSR count). The maximum atomic E-state index is 14.5. The first kappa shape index (κ1) is 40.2. The number of aliphatic hydroxyl groups is 1. The van der Waals surface area contributed by atoms with Gasteiger partial charge in [-0.3, -0.25) is 4.90 Å². The third kappa shape index (κ3) is 10.0. The van der Waals surface area contributed by atoms with Crippen molar-refractivity contribution < 1.29 is 56.3 Å². The fourth-order valence-electron chi connectivity index (χ4n) is 7.42. The summed E-state index contributed by atoms with van der Waals surface area (Å²) >= 11 is 0. The van der Waals surface area contributed by atoms with E-state index in [-0.39, 0.29) is 55.2 Å². The van der Waals surface area contributed by atoms with E-state index in [0.29, 0.717) is 38.0 Å². The van der Waals surface area contributed by atoms with E-state index >= 15 is 0 Å². The minimum Gasteiger partial charge on any atom is -0.465 e. The smallest absolute Gasteiger partial charge is 0.412 e. The monoisotopic (exact) mass is 785 g/mol. The molecule has 0 spiro atoms. The van der Waals surface area contributed by atoms with Crippen LogP contribution in [0.4, 0.5) is 14.0 Å². The second kappa shape index (κ2) is 17.5. The number of fused-ring (bicyclic) bond motifs is 2. The van der Waals surface area contributed by atoms with Gasteiger partial charge in [-0.15, -0.1) is 0 Å². The van der Waals surface area contributed by atoms with Crippen molar-refractivity contribution in [1.29, 1.82) is 0 Å². The van der Waals surface area contributed by atoms with E-state index in [4.69, 9.17) is 23.7 Å². The fourth-order valence-corrected chi connectivity index (χ4v) is 9.08. The van der Waals surface area contributed by atoms with Crippen LogP contribution in [0, 0.1) is 17.2 Å². The number of sulfonamides is 1. The lowest BCUT2D eigenvalue weighted by atomic mass is 9.87. The molecule has 2 saturated heterocycles. The van der Waals surface area contributed by atoms with Crippen LogP contribution in [-0.4, -0.2) is 104 Å². The number of carbonyl (C=O) groups is 2. The van der Waals surface area contributed by atoms with Crippen LogP contribution in [0.3, 0.4) is 0 Å².